The third-order valence-electron chi connectivity index (χ3n) is 5.68. The lowest BCUT2D eigenvalue weighted by Gasteiger charge is -2.32. The third-order valence-corrected chi connectivity index (χ3v) is 5.68. The normalized spacial score (nSPS) is 17.2. The second-order valence-corrected chi connectivity index (χ2v) is 7.51. The van der Waals surface area contributed by atoms with Crippen LogP contribution in [0.5, 0.6) is 0 Å². The van der Waals surface area contributed by atoms with E-state index in [0.717, 1.165) is 43.0 Å². The Morgan fingerprint density at radius 1 is 1.07 bits per heavy atom. The minimum atomic E-state index is -0.951. The molecule has 0 atom stereocenters. The van der Waals surface area contributed by atoms with Crippen molar-refractivity contribution in [1.29, 1.82) is 0 Å². The van der Waals surface area contributed by atoms with Gasteiger partial charge in [-0.2, -0.15) is 0 Å². The van der Waals surface area contributed by atoms with Crippen molar-refractivity contribution in [3.05, 3.63) is 47.0 Å². The average molecular weight is 383 g/mol. The Kier molecular flexibility index (Phi) is 5.27. The highest BCUT2D eigenvalue weighted by molar-refractivity contribution is 5.87. The summed E-state index contributed by atoms with van der Waals surface area (Å²) >= 11 is 0. The van der Waals surface area contributed by atoms with Gasteiger partial charge in [0.2, 0.25) is 0 Å². The molecular formula is C20H25N5O3. The summed E-state index contributed by atoms with van der Waals surface area (Å²) in [7, 11) is 0. The molecule has 28 heavy (non-hydrogen) atoms. The maximum absolute atomic E-state index is 12.5. The van der Waals surface area contributed by atoms with Crippen LogP contribution in [0.3, 0.4) is 0 Å². The lowest BCUT2D eigenvalue weighted by molar-refractivity contribution is 0.0697. The number of hydrogen-bond donors (Lipinski definition) is 2. The number of likely N-dealkylation sites (tertiary alicyclic amines) is 1. The number of nitrogens with zero attached hydrogens (tertiary/aromatic N) is 4. The molecule has 0 spiro atoms. The van der Waals surface area contributed by atoms with Gasteiger partial charge in [0, 0.05) is 38.5 Å². The predicted octanol–water partition coefficient (Wildman–Crippen LogP) is 2.40. The number of fused-ring (bicyclic) bond motifs is 1. The number of aromatic carboxylic acids is 1. The highest BCUT2D eigenvalue weighted by Gasteiger charge is 2.28. The highest BCUT2D eigenvalue weighted by atomic mass is 16.4. The standard InChI is InChI=1S/C20H25N5O3/c26-19(27)16-6-4-14(5-7-16)13-21-20(28)24-11-8-15(9-12-24)18-23-22-17-3-1-2-10-25(17)18/h4-7,15H,1-3,8-13H2,(H,21,28)(H,26,27). The van der Waals surface area contributed by atoms with E-state index in [1.165, 1.54) is 12.8 Å². The third kappa shape index (κ3) is 3.85. The second-order valence-electron chi connectivity index (χ2n) is 7.51. The summed E-state index contributed by atoms with van der Waals surface area (Å²) in [5, 5.41) is 20.6. The fourth-order valence-corrected chi connectivity index (χ4v) is 4.03. The number of aryl methyl sites for hydroxylation is 1. The van der Waals surface area contributed by atoms with Crippen LogP contribution in [0.2, 0.25) is 0 Å². The molecule has 2 N–H and O–H groups in total. The number of carbonyl (C=O) groups is 2. The van der Waals surface area contributed by atoms with Gasteiger partial charge in [0.25, 0.3) is 0 Å². The quantitative estimate of drug-likeness (QED) is 0.844. The SMILES string of the molecule is O=C(O)c1ccc(CNC(=O)N2CCC(c3nnc4n3CCCC4)CC2)cc1. The van der Waals surface area contributed by atoms with E-state index >= 15 is 0 Å². The van der Waals surface area contributed by atoms with Crippen molar-refractivity contribution in [2.45, 2.75) is 51.1 Å². The fourth-order valence-electron chi connectivity index (χ4n) is 4.03. The Labute approximate surface area is 163 Å². The summed E-state index contributed by atoms with van der Waals surface area (Å²) in [6, 6.07) is 6.47. The van der Waals surface area contributed by atoms with E-state index in [4.69, 9.17) is 5.11 Å². The van der Waals surface area contributed by atoms with Gasteiger partial charge in [-0.25, -0.2) is 9.59 Å². The molecule has 0 aliphatic carbocycles. The maximum Gasteiger partial charge on any atom is 0.335 e. The number of piperidine rings is 1. The van der Waals surface area contributed by atoms with Gasteiger partial charge in [0.15, 0.2) is 0 Å². The van der Waals surface area contributed by atoms with Gasteiger partial charge in [-0.05, 0) is 43.4 Å². The predicted molar refractivity (Wildman–Crippen MR) is 102 cm³/mol. The van der Waals surface area contributed by atoms with Gasteiger partial charge < -0.3 is 19.9 Å². The van der Waals surface area contributed by atoms with Crippen LogP contribution in [0.15, 0.2) is 24.3 Å². The topological polar surface area (TPSA) is 100 Å². The van der Waals surface area contributed by atoms with Gasteiger partial charge >= 0.3 is 12.0 Å². The van der Waals surface area contributed by atoms with Crippen LogP contribution in [0.4, 0.5) is 4.79 Å². The molecule has 0 unspecified atom stereocenters. The number of aromatic nitrogens is 3. The number of rotatable bonds is 4. The Morgan fingerprint density at radius 2 is 1.82 bits per heavy atom. The minimum absolute atomic E-state index is 0.0796. The lowest BCUT2D eigenvalue weighted by atomic mass is 9.95. The number of amides is 2. The summed E-state index contributed by atoms with van der Waals surface area (Å²) < 4.78 is 2.28. The lowest BCUT2D eigenvalue weighted by Crippen LogP contribution is -2.44. The molecular weight excluding hydrogens is 358 g/mol. The van der Waals surface area contributed by atoms with Gasteiger partial charge in [-0.1, -0.05) is 12.1 Å². The summed E-state index contributed by atoms with van der Waals surface area (Å²) in [5.74, 6) is 1.61. The number of nitrogens with one attached hydrogen (secondary N) is 1. The first-order chi connectivity index (χ1) is 13.6. The number of hydrogen-bond acceptors (Lipinski definition) is 4. The van der Waals surface area contributed by atoms with Crippen LogP contribution in [-0.4, -0.2) is 49.9 Å². The smallest absolute Gasteiger partial charge is 0.335 e. The molecule has 2 aromatic rings. The van der Waals surface area contributed by atoms with Gasteiger partial charge in [0.05, 0.1) is 5.56 Å². The number of benzene rings is 1. The zero-order valence-electron chi connectivity index (χ0n) is 15.8. The molecule has 3 heterocycles. The monoisotopic (exact) mass is 383 g/mol. The van der Waals surface area contributed by atoms with Crippen molar-refractivity contribution in [2.24, 2.45) is 0 Å². The number of carboxylic acids is 1. The first kappa shape index (κ1) is 18.5. The van der Waals surface area contributed by atoms with E-state index in [0.29, 0.717) is 25.6 Å². The van der Waals surface area contributed by atoms with E-state index in [2.05, 4.69) is 20.1 Å². The van der Waals surface area contributed by atoms with E-state index < -0.39 is 5.97 Å². The zero-order chi connectivity index (χ0) is 19.5. The Balaban J connectivity index is 1.28. The summed E-state index contributed by atoms with van der Waals surface area (Å²) in [5.41, 5.74) is 1.12. The highest BCUT2D eigenvalue weighted by Crippen LogP contribution is 2.29. The van der Waals surface area contributed by atoms with Crippen LogP contribution < -0.4 is 5.32 Å². The Morgan fingerprint density at radius 3 is 2.54 bits per heavy atom. The van der Waals surface area contributed by atoms with E-state index in [1.807, 2.05) is 4.90 Å². The molecule has 0 bridgehead atoms. The van der Waals surface area contributed by atoms with Crippen LogP contribution in [0, 0.1) is 0 Å². The molecule has 1 fully saturated rings. The van der Waals surface area contributed by atoms with Crippen LogP contribution in [0.1, 0.15) is 59.2 Å². The van der Waals surface area contributed by atoms with Crippen molar-refractivity contribution in [2.75, 3.05) is 13.1 Å². The molecule has 1 saturated heterocycles. The molecule has 0 radical (unpaired) electrons. The van der Waals surface area contributed by atoms with Crippen molar-refractivity contribution in [3.63, 3.8) is 0 Å². The largest absolute Gasteiger partial charge is 0.478 e. The second kappa shape index (κ2) is 8.00. The molecule has 8 nitrogen and oxygen atoms in total. The Bertz CT molecular complexity index is 853. The van der Waals surface area contributed by atoms with Crippen molar-refractivity contribution >= 4 is 12.0 Å². The molecule has 2 amide bonds. The summed E-state index contributed by atoms with van der Waals surface area (Å²) in [4.78, 5) is 25.2. The van der Waals surface area contributed by atoms with Crippen LogP contribution in [-0.2, 0) is 19.5 Å². The number of urea groups is 1. The van der Waals surface area contributed by atoms with Crippen molar-refractivity contribution in [3.8, 4) is 0 Å². The van der Waals surface area contributed by atoms with E-state index in [9.17, 15) is 9.59 Å². The van der Waals surface area contributed by atoms with Gasteiger partial charge in [-0.3, -0.25) is 0 Å². The van der Waals surface area contributed by atoms with E-state index in [-0.39, 0.29) is 11.6 Å². The molecule has 2 aliphatic rings. The summed E-state index contributed by atoms with van der Waals surface area (Å²) in [6.07, 6.45) is 5.20. The molecule has 1 aromatic heterocycles. The summed E-state index contributed by atoms with van der Waals surface area (Å²) in [6.45, 7) is 2.81. The van der Waals surface area contributed by atoms with Crippen LogP contribution in [0.25, 0.3) is 0 Å². The molecule has 2 aliphatic heterocycles. The first-order valence-electron chi connectivity index (χ1n) is 9.89. The number of carboxylic acid groups (broad SMARTS) is 1. The van der Waals surface area contributed by atoms with Gasteiger partial charge in [0.1, 0.15) is 11.6 Å². The number of carbonyl (C=O) groups excluding carboxylic acids is 1. The molecule has 0 saturated carbocycles. The van der Waals surface area contributed by atoms with Gasteiger partial charge in [-0.15, -0.1) is 10.2 Å². The van der Waals surface area contributed by atoms with Crippen molar-refractivity contribution in [1.82, 2.24) is 25.0 Å². The zero-order valence-corrected chi connectivity index (χ0v) is 15.8. The molecule has 148 valence electrons. The maximum atomic E-state index is 12.5. The van der Waals surface area contributed by atoms with Crippen LogP contribution >= 0.6 is 0 Å². The Hall–Kier alpha value is -2.90. The van der Waals surface area contributed by atoms with Crippen molar-refractivity contribution < 1.29 is 14.7 Å². The molecule has 4 rings (SSSR count). The van der Waals surface area contributed by atoms with E-state index in [1.54, 1.807) is 24.3 Å². The first-order valence-corrected chi connectivity index (χ1v) is 9.89. The minimum Gasteiger partial charge on any atom is -0.478 e. The average Bonchev–Trinajstić information content (AvgIpc) is 3.16. The molecule has 1 aromatic carbocycles. The molecule has 8 heteroatoms. The fraction of sp³-hybridized carbons (Fsp3) is 0.500.